The fourth-order valence-electron chi connectivity index (χ4n) is 4.43. The van der Waals surface area contributed by atoms with Gasteiger partial charge in [-0.2, -0.15) is 0 Å². The number of furan rings is 1. The van der Waals surface area contributed by atoms with Gasteiger partial charge in [-0.25, -0.2) is 9.78 Å². The number of hydrogen-bond acceptors (Lipinski definition) is 9. The average Bonchev–Trinajstić information content (AvgIpc) is 3.63. The number of hydrogen-bond donors (Lipinski definition) is 1. The Morgan fingerprint density at radius 2 is 1.85 bits per heavy atom. The summed E-state index contributed by atoms with van der Waals surface area (Å²) in [7, 11) is 0. The maximum atomic E-state index is 13.6. The number of aliphatic hydroxyl groups excluding tert-OH is 1. The van der Waals surface area contributed by atoms with Gasteiger partial charge in [0.25, 0.3) is 5.91 Å². The molecule has 0 fully saturated rings. The highest BCUT2D eigenvalue weighted by Crippen LogP contribution is 2.44. The first-order chi connectivity index (χ1) is 19.3. The van der Waals surface area contributed by atoms with Crippen LogP contribution in [0.25, 0.3) is 0 Å². The molecule has 0 bridgehead atoms. The van der Waals surface area contributed by atoms with E-state index in [4.69, 9.17) is 13.9 Å². The van der Waals surface area contributed by atoms with Gasteiger partial charge in [0.05, 0.1) is 23.9 Å². The zero-order valence-corrected chi connectivity index (χ0v) is 22.9. The molecule has 40 heavy (non-hydrogen) atoms. The Bertz CT molecular complexity index is 1620. The molecule has 1 N–H and O–H groups in total. The number of nitrogens with zero attached hydrogens (tertiary/aromatic N) is 2. The standard InChI is InChI=1S/C30H26N2O7S/c1-4-37-29(36)27-18(3)31-30(40-27)32-24(23(26(34)28(32)35)25(33)22-14-13-17(2)39-22)20-11-8-12-21(15-20)38-16-19-9-6-5-7-10-19/h5-15,24,34H,4,16H2,1-3H3. The van der Waals surface area contributed by atoms with Gasteiger partial charge in [0.1, 0.15) is 23.0 Å². The number of Topliss-reactive ketones (excluding diaryl/α,β-unsaturated/α-hetero) is 1. The molecule has 1 aliphatic rings. The predicted molar refractivity (Wildman–Crippen MR) is 148 cm³/mol. The van der Waals surface area contributed by atoms with Gasteiger partial charge in [-0.1, -0.05) is 53.8 Å². The molecule has 1 atom stereocenters. The largest absolute Gasteiger partial charge is 0.503 e. The number of carbonyl (C=O) groups excluding carboxylic acids is 3. The van der Waals surface area contributed by atoms with Crippen molar-refractivity contribution in [2.24, 2.45) is 0 Å². The number of aromatic nitrogens is 1. The van der Waals surface area contributed by atoms with Crippen molar-refractivity contribution in [3.05, 3.63) is 111 Å². The molecule has 4 aromatic rings. The molecule has 0 aliphatic carbocycles. The van der Waals surface area contributed by atoms with Crippen molar-refractivity contribution in [1.29, 1.82) is 0 Å². The number of esters is 1. The first-order valence-corrected chi connectivity index (χ1v) is 13.4. The van der Waals surface area contributed by atoms with E-state index in [1.54, 1.807) is 51.1 Å². The number of ether oxygens (including phenoxy) is 2. The number of aliphatic hydroxyl groups is 1. The van der Waals surface area contributed by atoms with Gasteiger partial charge in [-0.3, -0.25) is 14.5 Å². The molecule has 1 amide bonds. The summed E-state index contributed by atoms with van der Waals surface area (Å²) in [5.41, 5.74) is 1.67. The van der Waals surface area contributed by atoms with Gasteiger partial charge < -0.3 is 19.0 Å². The monoisotopic (exact) mass is 558 g/mol. The molecule has 1 unspecified atom stereocenters. The Morgan fingerprint density at radius 3 is 2.55 bits per heavy atom. The van der Waals surface area contributed by atoms with Crippen LogP contribution in [0.1, 0.15) is 55.8 Å². The highest BCUT2D eigenvalue weighted by atomic mass is 32.1. The number of rotatable bonds is 9. The van der Waals surface area contributed by atoms with E-state index in [9.17, 15) is 19.5 Å². The predicted octanol–water partition coefficient (Wildman–Crippen LogP) is 5.89. The zero-order valence-electron chi connectivity index (χ0n) is 22.0. The summed E-state index contributed by atoms with van der Waals surface area (Å²) in [6.45, 7) is 5.50. The first-order valence-electron chi connectivity index (χ1n) is 12.6. The van der Waals surface area contributed by atoms with E-state index in [1.165, 1.54) is 11.0 Å². The lowest BCUT2D eigenvalue weighted by molar-refractivity contribution is -0.117. The Labute approximate surface area is 234 Å². The first kappa shape index (κ1) is 26.9. The summed E-state index contributed by atoms with van der Waals surface area (Å²) in [6, 6.07) is 18.6. The van der Waals surface area contributed by atoms with Gasteiger partial charge in [-0.05, 0) is 56.2 Å². The summed E-state index contributed by atoms with van der Waals surface area (Å²) in [6.07, 6.45) is 0. The lowest BCUT2D eigenvalue weighted by Crippen LogP contribution is -2.31. The number of aryl methyl sites for hydroxylation is 2. The Kier molecular flexibility index (Phi) is 7.52. The lowest BCUT2D eigenvalue weighted by Gasteiger charge is -2.24. The number of amides is 1. The van der Waals surface area contributed by atoms with Crippen LogP contribution in [0.2, 0.25) is 0 Å². The third kappa shape index (κ3) is 5.13. The second-order valence-electron chi connectivity index (χ2n) is 9.06. The molecule has 2 aromatic heterocycles. The van der Waals surface area contributed by atoms with Crippen LogP contribution < -0.4 is 9.64 Å². The highest BCUT2D eigenvalue weighted by molar-refractivity contribution is 7.17. The normalized spacial score (nSPS) is 15.0. The molecule has 0 saturated carbocycles. The van der Waals surface area contributed by atoms with Gasteiger partial charge in [0, 0.05) is 0 Å². The highest BCUT2D eigenvalue weighted by Gasteiger charge is 2.47. The second kappa shape index (κ2) is 11.2. The lowest BCUT2D eigenvalue weighted by atomic mass is 9.95. The van der Waals surface area contributed by atoms with E-state index in [1.807, 2.05) is 30.3 Å². The van der Waals surface area contributed by atoms with Crippen molar-refractivity contribution >= 4 is 34.1 Å². The van der Waals surface area contributed by atoms with Crippen LogP contribution in [-0.2, 0) is 16.1 Å². The van der Waals surface area contributed by atoms with Crippen LogP contribution in [0.5, 0.6) is 5.75 Å². The van der Waals surface area contributed by atoms with E-state index in [-0.39, 0.29) is 27.9 Å². The number of anilines is 1. The van der Waals surface area contributed by atoms with Gasteiger partial charge in [0.15, 0.2) is 16.7 Å². The molecular weight excluding hydrogens is 532 g/mol. The Hall–Kier alpha value is -4.70. The summed E-state index contributed by atoms with van der Waals surface area (Å²) in [4.78, 5) is 45.5. The number of thiazole rings is 1. The quantitative estimate of drug-likeness (QED) is 0.199. The van der Waals surface area contributed by atoms with Crippen molar-refractivity contribution in [3.8, 4) is 5.75 Å². The van der Waals surface area contributed by atoms with Gasteiger partial charge in [-0.15, -0.1) is 0 Å². The van der Waals surface area contributed by atoms with E-state index in [0.29, 0.717) is 29.4 Å². The molecule has 204 valence electrons. The zero-order chi connectivity index (χ0) is 28.4. The molecule has 5 rings (SSSR count). The summed E-state index contributed by atoms with van der Waals surface area (Å²) < 4.78 is 16.7. The number of ketones is 1. The van der Waals surface area contributed by atoms with E-state index >= 15 is 0 Å². The molecule has 9 nitrogen and oxygen atoms in total. The molecule has 1 aliphatic heterocycles. The molecule has 0 spiro atoms. The number of benzene rings is 2. The third-order valence-electron chi connectivity index (χ3n) is 6.29. The SMILES string of the molecule is CCOC(=O)c1sc(N2C(=O)C(O)=C(C(=O)c3ccc(C)o3)C2c2cccc(OCc3ccccc3)c2)nc1C. The fourth-order valence-corrected chi connectivity index (χ4v) is 5.41. The van der Waals surface area contributed by atoms with E-state index in [2.05, 4.69) is 4.98 Å². The van der Waals surface area contributed by atoms with Crippen molar-refractivity contribution in [2.45, 2.75) is 33.4 Å². The fraction of sp³-hybridized carbons (Fsp3) is 0.200. The minimum Gasteiger partial charge on any atom is -0.503 e. The Balaban J connectivity index is 1.57. The van der Waals surface area contributed by atoms with Crippen LogP contribution in [-0.4, -0.2) is 34.4 Å². The maximum absolute atomic E-state index is 13.6. The maximum Gasteiger partial charge on any atom is 0.350 e. The number of carbonyl (C=O) groups is 3. The van der Waals surface area contributed by atoms with Crippen LogP contribution in [0.3, 0.4) is 0 Å². The third-order valence-corrected chi connectivity index (χ3v) is 7.43. The van der Waals surface area contributed by atoms with Gasteiger partial charge in [0.2, 0.25) is 5.78 Å². The summed E-state index contributed by atoms with van der Waals surface area (Å²) in [5, 5.41) is 11.2. The molecule has 3 heterocycles. The van der Waals surface area contributed by atoms with E-state index in [0.717, 1.165) is 16.9 Å². The summed E-state index contributed by atoms with van der Waals surface area (Å²) >= 11 is 0.950. The van der Waals surface area contributed by atoms with Crippen molar-refractivity contribution < 1.29 is 33.4 Å². The minimum atomic E-state index is -1.06. The molecular formula is C30H26N2O7S. The van der Waals surface area contributed by atoms with Crippen molar-refractivity contribution in [3.63, 3.8) is 0 Å². The average molecular weight is 559 g/mol. The van der Waals surface area contributed by atoms with E-state index < -0.39 is 29.5 Å². The van der Waals surface area contributed by atoms with Gasteiger partial charge >= 0.3 is 5.97 Å². The van der Waals surface area contributed by atoms with Crippen molar-refractivity contribution in [2.75, 3.05) is 11.5 Å². The molecule has 2 aromatic carbocycles. The van der Waals surface area contributed by atoms with Crippen LogP contribution in [0.15, 0.2) is 82.5 Å². The topological polar surface area (TPSA) is 119 Å². The van der Waals surface area contributed by atoms with Crippen LogP contribution >= 0.6 is 11.3 Å². The Morgan fingerprint density at radius 1 is 1.07 bits per heavy atom. The van der Waals surface area contributed by atoms with Crippen LogP contribution in [0, 0.1) is 13.8 Å². The minimum absolute atomic E-state index is 0.0160. The molecule has 0 saturated heterocycles. The summed E-state index contributed by atoms with van der Waals surface area (Å²) in [5.74, 6) is -1.75. The second-order valence-corrected chi connectivity index (χ2v) is 10.0. The van der Waals surface area contributed by atoms with Crippen LogP contribution in [0.4, 0.5) is 5.13 Å². The molecule has 10 heteroatoms. The molecule has 0 radical (unpaired) electrons. The smallest absolute Gasteiger partial charge is 0.350 e. The van der Waals surface area contributed by atoms with Crippen molar-refractivity contribution in [1.82, 2.24) is 4.98 Å².